The summed E-state index contributed by atoms with van der Waals surface area (Å²) in [5, 5.41) is 3.51. The molecule has 0 aromatic heterocycles. The van der Waals surface area contributed by atoms with Gasteiger partial charge in [-0.15, -0.1) is 0 Å². The minimum Gasteiger partial charge on any atom is -0.368 e. The molecule has 0 saturated carbocycles. The van der Waals surface area contributed by atoms with Gasteiger partial charge in [0, 0.05) is 44.5 Å². The van der Waals surface area contributed by atoms with Crippen LogP contribution in [0.15, 0.2) is 18.2 Å². The quantitative estimate of drug-likeness (QED) is 0.925. The van der Waals surface area contributed by atoms with Gasteiger partial charge in [0.1, 0.15) is 5.82 Å². The van der Waals surface area contributed by atoms with Crippen LogP contribution in [0.5, 0.6) is 0 Å². The maximum Gasteiger partial charge on any atom is 0.123 e. The van der Waals surface area contributed by atoms with E-state index in [2.05, 4.69) is 22.0 Å². The lowest BCUT2D eigenvalue weighted by Crippen LogP contribution is -2.47. The van der Waals surface area contributed by atoms with Crippen molar-refractivity contribution in [3.05, 3.63) is 29.6 Å². The summed E-state index contributed by atoms with van der Waals surface area (Å²) in [6.07, 6.45) is 4.77. The molecule has 1 N–H and O–H groups in total. The number of benzene rings is 1. The number of rotatable bonds is 3. The number of hydrogen-bond acceptors (Lipinski definition) is 3. The van der Waals surface area contributed by atoms with Crippen LogP contribution < -0.4 is 10.2 Å². The van der Waals surface area contributed by atoms with Crippen molar-refractivity contribution in [2.45, 2.75) is 38.6 Å². The molecule has 3 aliphatic rings. The number of hydrogen-bond donors (Lipinski definition) is 1. The zero-order valence-corrected chi connectivity index (χ0v) is 14.2. The van der Waals surface area contributed by atoms with Crippen molar-refractivity contribution in [2.75, 3.05) is 44.2 Å². The Bertz CT molecular complexity index is 560. The Morgan fingerprint density at radius 2 is 2.09 bits per heavy atom. The molecule has 4 rings (SSSR count). The van der Waals surface area contributed by atoms with Crippen LogP contribution in [0.3, 0.4) is 0 Å². The molecule has 1 aromatic carbocycles. The first-order valence-corrected chi connectivity index (χ1v) is 9.11. The summed E-state index contributed by atoms with van der Waals surface area (Å²) >= 11 is 0. The van der Waals surface area contributed by atoms with Gasteiger partial charge in [0.25, 0.3) is 0 Å². The Morgan fingerprint density at radius 1 is 1.26 bits per heavy atom. The van der Waals surface area contributed by atoms with Gasteiger partial charge < -0.3 is 15.1 Å². The summed E-state index contributed by atoms with van der Waals surface area (Å²) in [7, 11) is 0. The average molecular weight is 317 g/mol. The maximum absolute atomic E-state index is 13.4. The normalized spacial score (nSPS) is 29.2. The summed E-state index contributed by atoms with van der Waals surface area (Å²) in [5.41, 5.74) is 2.93. The van der Waals surface area contributed by atoms with E-state index in [9.17, 15) is 4.39 Å². The molecule has 2 saturated heterocycles. The molecule has 1 atom stereocenters. The minimum absolute atomic E-state index is 0.0983. The van der Waals surface area contributed by atoms with Crippen LogP contribution in [0.1, 0.15) is 31.7 Å². The number of nitrogens with one attached hydrogen (secondary N) is 1. The predicted octanol–water partition coefficient (Wildman–Crippen LogP) is 2.65. The third-order valence-corrected chi connectivity index (χ3v) is 6.03. The van der Waals surface area contributed by atoms with Crippen LogP contribution in [0.25, 0.3) is 0 Å². The van der Waals surface area contributed by atoms with Gasteiger partial charge in [0.05, 0.1) is 0 Å². The highest BCUT2D eigenvalue weighted by molar-refractivity contribution is 5.58. The fraction of sp³-hybridized carbons (Fsp3) is 0.684. The van der Waals surface area contributed by atoms with E-state index in [1.807, 2.05) is 6.07 Å². The van der Waals surface area contributed by atoms with Crippen molar-refractivity contribution in [1.82, 2.24) is 10.2 Å². The second kappa shape index (κ2) is 6.06. The Morgan fingerprint density at radius 3 is 2.83 bits per heavy atom. The molecule has 0 aliphatic carbocycles. The van der Waals surface area contributed by atoms with Crippen molar-refractivity contribution in [2.24, 2.45) is 5.41 Å². The molecule has 4 heteroatoms. The predicted molar refractivity (Wildman–Crippen MR) is 92.5 cm³/mol. The summed E-state index contributed by atoms with van der Waals surface area (Å²) in [6, 6.07) is 5.95. The van der Waals surface area contributed by atoms with Gasteiger partial charge in [-0.1, -0.05) is 6.92 Å². The van der Waals surface area contributed by atoms with Crippen molar-refractivity contribution in [3.8, 4) is 0 Å². The van der Waals surface area contributed by atoms with Crippen molar-refractivity contribution >= 4 is 5.69 Å². The van der Waals surface area contributed by atoms with Crippen molar-refractivity contribution < 1.29 is 4.39 Å². The number of likely N-dealkylation sites (tertiary alicyclic amines) is 1. The second-order valence-electron chi connectivity index (χ2n) is 7.96. The first-order valence-electron chi connectivity index (χ1n) is 9.11. The van der Waals surface area contributed by atoms with E-state index in [0.717, 1.165) is 19.5 Å². The third kappa shape index (κ3) is 3.11. The number of piperidine rings is 1. The van der Waals surface area contributed by atoms with Crippen LogP contribution in [-0.4, -0.2) is 50.2 Å². The standard InChI is InChI=1S/C19H28FN3/c1-19(7-8-21-13-19)14-22-9-5-17(6-10-22)23-11-4-15-12-16(20)2-3-18(15)23/h2-3,12,17,21H,4-11,13-14H2,1H3. The Kier molecular flexibility index (Phi) is 4.06. The highest BCUT2D eigenvalue weighted by Gasteiger charge is 2.34. The summed E-state index contributed by atoms with van der Waals surface area (Å²) in [5.74, 6) is -0.0983. The van der Waals surface area contributed by atoms with Crippen LogP contribution in [0.4, 0.5) is 10.1 Å². The fourth-order valence-electron chi connectivity index (χ4n) is 4.71. The lowest BCUT2D eigenvalue weighted by molar-refractivity contribution is 0.143. The molecule has 0 amide bonds. The van der Waals surface area contributed by atoms with Gasteiger partial charge in [-0.05, 0) is 61.4 Å². The average Bonchev–Trinajstić information content (AvgIpc) is 3.14. The molecule has 3 heterocycles. The highest BCUT2D eigenvalue weighted by Crippen LogP contribution is 2.34. The van der Waals surface area contributed by atoms with Crippen LogP contribution in [0, 0.1) is 11.2 Å². The topological polar surface area (TPSA) is 18.5 Å². The minimum atomic E-state index is -0.0983. The molecule has 1 unspecified atom stereocenters. The molecule has 23 heavy (non-hydrogen) atoms. The zero-order chi connectivity index (χ0) is 15.9. The maximum atomic E-state index is 13.4. The molecular weight excluding hydrogens is 289 g/mol. The van der Waals surface area contributed by atoms with Gasteiger partial charge in [0.15, 0.2) is 0 Å². The van der Waals surface area contributed by atoms with Crippen LogP contribution >= 0.6 is 0 Å². The molecule has 3 aliphatic heterocycles. The van der Waals surface area contributed by atoms with Gasteiger partial charge in [-0.3, -0.25) is 0 Å². The van der Waals surface area contributed by atoms with Crippen LogP contribution in [-0.2, 0) is 6.42 Å². The lowest BCUT2D eigenvalue weighted by Gasteiger charge is -2.40. The molecule has 1 aromatic rings. The van der Waals surface area contributed by atoms with E-state index in [-0.39, 0.29) is 5.82 Å². The zero-order valence-electron chi connectivity index (χ0n) is 14.2. The number of fused-ring (bicyclic) bond motifs is 1. The smallest absolute Gasteiger partial charge is 0.123 e. The van der Waals surface area contributed by atoms with Gasteiger partial charge in [-0.25, -0.2) is 4.39 Å². The van der Waals surface area contributed by atoms with Crippen LogP contribution in [0.2, 0.25) is 0 Å². The summed E-state index contributed by atoms with van der Waals surface area (Å²) in [6.45, 7) is 9.45. The van der Waals surface area contributed by atoms with E-state index < -0.39 is 0 Å². The second-order valence-corrected chi connectivity index (χ2v) is 7.96. The Balaban J connectivity index is 1.36. The van der Waals surface area contributed by atoms with E-state index in [1.165, 1.54) is 56.7 Å². The first-order chi connectivity index (χ1) is 11.1. The van der Waals surface area contributed by atoms with E-state index in [0.29, 0.717) is 11.5 Å². The number of anilines is 1. The van der Waals surface area contributed by atoms with Gasteiger partial charge >= 0.3 is 0 Å². The fourth-order valence-corrected chi connectivity index (χ4v) is 4.71. The first kappa shape index (κ1) is 15.4. The Hall–Kier alpha value is -1.13. The largest absolute Gasteiger partial charge is 0.368 e. The monoisotopic (exact) mass is 317 g/mol. The Labute approximate surface area is 138 Å². The third-order valence-electron chi connectivity index (χ3n) is 6.03. The number of nitrogens with zero attached hydrogens (tertiary/aromatic N) is 2. The van der Waals surface area contributed by atoms with Crippen molar-refractivity contribution in [1.29, 1.82) is 0 Å². The molecule has 2 fully saturated rings. The van der Waals surface area contributed by atoms with E-state index in [1.54, 1.807) is 12.1 Å². The molecule has 0 spiro atoms. The van der Waals surface area contributed by atoms with Crippen molar-refractivity contribution in [3.63, 3.8) is 0 Å². The molecule has 3 nitrogen and oxygen atoms in total. The molecule has 126 valence electrons. The van der Waals surface area contributed by atoms with Gasteiger partial charge in [0.2, 0.25) is 0 Å². The summed E-state index contributed by atoms with van der Waals surface area (Å²) < 4.78 is 13.4. The van der Waals surface area contributed by atoms with E-state index in [4.69, 9.17) is 0 Å². The molecule has 0 radical (unpaired) electrons. The summed E-state index contributed by atoms with van der Waals surface area (Å²) in [4.78, 5) is 5.19. The molecular formula is C19H28FN3. The van der Waals surface area contributed by atoms with Gasteiger partial charge in [-0.2, -0.15) is 0 Å². The number of halogens is 1. The molecule has 0 bridgehead atoms. The highest BCUT2D eigenvalue weighted by atomic mass is 19.1. The SMILES string of the molecule is CC1(CN2CCC(N3CCc4cc(F)ccc43)CC2)CCNC1. The van der Waals surface area contributed by atoms with E-state index >= 15 is 0 Å². The lowest BCUT2D eigenvalue weighted by atomic mass is 9.88.